The van der Waals surface area contributed by atoms with Crippen LogP contribution in [0.1, 0.15) is 181 Å². The lowest BCUT2D eigenvalue weighted by molar-refractivity contribution is -0.161. The molecule has 0 saturated carbocycles. The lowest BCUT2D eigenvalue weighted by Gasteiger charge is -2.18. The zero-order valence-electron chi connectivity index (χ0n) is 30.6. The highest BCUT2D eigenvalue weighted by molar-refractivity contribution is 7.46. The maximum atomic E-state index is 12.3. The molecule has 0 aliphatic carbocycles. The monoisotopic (exact) mass is 698 g/mol. The molecule has 0 aromatic rings. The molecule has 2 N–H and O–H groups in total. The standard InChI is InChI=1S/C39H71O8P/c1-3-5-7-9-11-13-15-17-19-21-23-25-27-29-31-33-38(40)45-35-37(36-46-48(42,43)44)47-39(41)34-32-30-28-26-24-22-20-18-16-14-12-10-8-6-4-2/h17,19,22-25,37H,3-16,18,20-21,26-36H2,1-2H3,(H2,42,43,44)/b19-17+,24-22+,25-23+/t37-/m1/s1. The average molecular weight is 699 g/mol. The number of phosphoric ester groups is 1. The highest BCUT2D eigenvalue weighted by Gasteiger charge is 2.22. The van der Waals surface area contributed by atoms with E-state index in [1.807, 2.05) is 0 Å². The lowest BCUT2D eigenvalue weighted by atomic mass is 10.1. The molecule has 0 amide bonds. The van der Waals surface area contributed by atoms with Crippen molar-refractivity contribution >= 4 is 19.8 Å². The molecule has 0 aromatic carbocycles. The van der Waals surface area contributed by atoms with E-state index < -0.39 is 32.5 Å². The summed E-state index contributed by atoms with van der Waals surface area (Å²) in [5, 5.41) is 0. The minimum absolute atomic E-state index is 0.185. The van der Waals surface area contributed by atoms with Gasteiger partial charge in [-0.3, -0.25) is 14.1 Å². The second-order valence-corrected chi connectivity index (χ2v) is 14.1. The van der Waals surface area contributed by atoms with Crippen molar-refractivity contribution in [2.24, 2.45) is 0 Å². The van der Waals surface area contributed by atoms with Crippen molar-refractivity contribution in [3.8, 4) is 0 Å². The number of phosphoric acid groups is 1. The summed E-state index contributed by atoms with van der Waals surface area (Å²) in [6.45, 7) is 3.63. The summed E-state index contributed by atoms with van der Waals surface area (Å²) < 4.78 is 26.3. The minimum Gasteiger partial charge on any atom is -0.462 e. The number of rotatable bonds is 35. The van der Waals surface area contributed by atoms with Crippen LogP contribution in [0.5, 0.6) is 0 Å². The number of allylic oxidation sites excluding steroid dienone is 6. The Morgan fingerprint density at radius 2 is 0.938 bits per heavy atom. The maximum Gasteiger partial charge on any atom is 0.469 e. The van der Waals surface area contributed by atoms with Gasteiger partial charge in [0, 0.05) is 12.8 Å². The Bertz CT molecular complexity index is 879. The average Bonchev–Trinajstić information content (AvgIpc) is 3.05. The fraction of sp³-hybridized carbons (Fsp3) is 0.795. The van der Waals surface area contributed by atoms with E-state index in [1.54, 1.807) is 0 Å². The highest BCUT2D eigenvalue weighted by Crippen LogP contribution is 2.36. The first kappa shape index (κ1) is 46.3. The van der Waals surface area contributed by atoms with Gasteiger partial charge in [-0.1, -0.05) is 134 Å². The molecular formula is C39H71O8P. The maximum absolute atomic E-state index is 12.3. The summed E-state index contributed by atoms with van der Waals surface area (Å²) in [4.78, 5) is 42.7. The van der Waals surface area contributed by atoms with E-state index in [0.717, 1.165) is 51.4 Å². The fourth-order valence-electron chi connectivity index (χ4n) is 5.22. The van der Waals surface area contributed by atoms with Gasteiger partial charge in [-0.25, -0.2) is 4.57 Å². The molecule has 0 fully saturated rings. The number of unbranched alkanes of at least 4 members (excludes halogenated alkanes) is 19. The molecule has 280 valence electrons. The van der Waals surface area contributed by atoms with Crippen molar-refractivity contribution in [1.29, 1.82) is 0 Å². The molecule has 48 heavy (non-hydrogen) atoms. The van der Waals surface area contributed by atoms with Crippen molar-refractivity contribution in [2.45, 2.75) is 187 Å². The summed E-state index contributed by atoms with van der Waals surface area (Å²) in [7, 11) is -4.76. The molecule has 1 atom stereocenters. The number of ether oxygens (including phenoxy) is 2. The molecular weight excluding hydrogens is 627 g/mol. The molecule has 0 heterocycles. The van der Waals surface area contributed by atoms with Gasteiger partial charge in [-0.05, 0) is 70.6 Å². The van der Waals surface area contributed by atoms with E-state index in [0.29, 0.717) is 12.8 Å². The van der Waals surface area contributed by atoms with E-state index in [9.17, 15) is 14.2 Å². The van der Waals surface area contributed by atoms with E-state index in [4.69, 9.17) is 19.3 Å². The van der Waals surface area contributed by atoms with E-state index >= 15 is 0 Å². The normalized spacial score (nSPS) is 12.8. The van der Waals surface area contributed by atoms with E-state index in [2.05, 4.69) is 54.8 Å². The topological polar surface area (TPSA) is 119 Å². The highest BCUT2D eigenvalue weighted by atomic mass is 31.2. The molecule has 0 aliphatic rings. The Morgan fingerprint density at radius 3 is 1.44 bits per heavy atom. The van der Waals surface area contributed by atoms with Crippen molar-refractivity contribution < 1.29 is 37.9 Å². The lowest BCUT2D eigenvalue weighted by Crippen LogP contribution is -2.29. The smallest absolute Gasteiger partial charge is 0.462 e. The van der Waals surface area contributed by atoms with Crippen LogP contribution in [0, 0.1) is 0 Å². The molecule has 0 saturated heterocycles. The predicted molar refractivity (Wildman–Crippen MR) is 198 cm³/mol. The third-order valence-corrected chi connectivity index (χ3v) is 8.62. The van der Waals surface area contributed by atoms with E-state index in [1.165, 1.54) is 89.9 Å². The Labute approximate surface area is 293 Å². The first-order valence-corrected chi connectivity index (χ1v) is 20.8. The van der Waals surface area contributed by atoms with Gasteiger partial charge in [0.2, 0.25) is 0 Å². The Morgan fingerprint density at radius 1 is 0.542 bits per heavy atom. The Balaban J connectivity index is 4.04. The van der Waals surface area contributed by atoms with Gasteiger partial charge in [0.25, 0.3) is 0 Å². The van der Waals surface area contributed by atoms with Crippen molar-refractivity contribution in [3.05, 3.63) is 36.5 Å². The van der Waals surface area contributed by atoms with Gasteiger partial charge in [0.05, 0.1) is 6.61 Å². The zero-order chi connectivity index (χ0) is 35.4. The Hall–Kier alpha value is -1.73. The summed E-state index contributed by atoms with van der Waals surface area (Å²) in [5.74, 6) is -0.941. The number of carbonyl (C=O) groups is 2. The fourth-order valence-corrected chi connectivity index (χ4v) is 5.58. The van der Waals surface area contributed by atoms with Gasteiger partial charge < -0.3 is 19.3 Å². The van der Waals surface area contributed by atoms with Crippen molar-refractivity contribution in [1.82, 2.24) is 0 Å². The van der Waals surface area contributed by atoms with Crippen LogP contribution < -0.4 is 0 Å². The van der Waals surface area contributed by atoms with Crippen LogP contribution >= 0.6 is 7.82 Å². The van der Waals surface area contributed by atoms with Crippen LogP contribution in [0.25, 0.3) is 0 Å². The van der Waals surface area contributed by atoms with Gasteiger partial charge in [0.15, 0.2) is 6.10 Å². The molecule has 9 heteroatoms. The molecule has 8 nitrogen and oxygen atoms in total. The number of hydrogen-bond donors (Lipinski definition) is 2. The second-order valence-electron chi connectivity index (χ2n) is 12.9. The summed E-state index contributed by atoms with van der Waals surface area (Å²) in [6.07, 6.45) is 40.1. The summed E-state index contributed by atoms with van der Waals surface area (Å²) >= 11 is 0. The van der Waals surface area contributed by atoms with Crippen LogP contribution in [0.2, 0.25) is 0 Å². The van der Waals surface area contributed by atoms with Gasteiger partial charge in [0.1, 0.15) is 6.61 Å². The number of carbonyl (C=O) groups excluding carboxylic acids is 2. The largest absolute Gasteiger partial charge is 0.469 e. The third kappa shape index (κ3) is 37.1. The first-order valence-electron chi connectivity index (χ1n) is 19.3. The van der Waals surface area contributed by atoms with Crippen LogP contribution in [-0.4, -0.2) is 41.0 Å². The summed E-state index contributed by atoms with van der Waals surface area (Å²) in [5.41, 5.74) is 0. The molecule has 0 bridgehead atoms. The van der Waals surface area contributed by atoms with Gasteiger partial charge in [-0.15, -0.1) is 0 Å². The SMILES string of the molecule is CCCCCCCC/C=C/C/C=C/CCCCC(=O)OC[C@H](COP(=O)(O)O)OC(=O)CCCCC/C=C/CCCCCCCCCC. The quantitative estimate of drug-likeness (QED) is 0.0290. The summed E-state index contributed by atoms with van der Waals surface area (Å²) in [6, 6.07) is 0. The zero-order valence-corrected chi connectivity index (χ0v) is 31.5. The Kier molecular flexibility index (Phi) is 33.8. The molecule has 0 radical (unpaired) electrons. The van der Waals surface area contributed by atoms with Crippen molar-refractivity contribution in [3.63, 3.8) is 0 Å². The van der Waals surface area contributed by atoms with Gasteiger partial charge in [-0.2, -0.15) is 0 Å². The van der Waals surface area contributed by atoms with Crippen molar-refractivity contribution in [2.75, 3.05) is 13.2 Å². The molecule has 0 spiro atoms. The molecule has 0 aliphatic heterocycles. The minimum atomic E-state index is -4.76. The van der Waals surface area contributed by atoms with Gasteiger partial charge >= 0.3 is 19.8 Å². The van der Waals surface area contributed by atoms with E-state index in [-0.39, 0.29) is 19.4 Å². The number of hydrogen-bond acceptors (Lipinski definition) is 6. The van der Waals surface area contributed by atoms with Crippen LogP contribution in [0.3, 0.4) is 0 Å². The molecule has 0 unspecified atom stereocenters. The molecule has 0 rings (SSSR count). The molecule has 0 aromatic heterocycles. The first-order chi connectivity index (χ1) is 23.3. The second kappa shape index (κ2) is 35.1. The third-order valence-electron chi connectivity index (χ3n) is 8.13. The predicted octanol–water partition coefficient (Wildman–Crippen LogP) is 11.4. The number of esters is 2. The van der Waals surface area contributed by atoms with Crippen LogP contribution in [-0.2, 0) is 28.2 Å². The van der Waals surface area contributed by atoms with Crippen LogP contribution in [0.15, 0.2) is 36.5 Å². The van der Waals surface area contributed by atoms with Crippen LogP contribution in [0.4, 0.5) is 0 Å².